The first-order valence-electron chi connectivity index (χ1n) is 33.1. The number of carbonyl (C=O) groups is 6. The van der Waals surface area contributed by atoms with Crippen molar-refractivity contribution in [3.63, 3.8) is 0 Å². The smallest absolute Gasteiger partial charge is 0.243 e. The van der Waals surface area contributed by atoms with E-state index in [0.717, 1.165) is 40.7 Å². The maximum atomic E-state index is 15.1. The zero-order valence-corrected chi connectivity index (χ0v) is 58.5. The predicted octanol–water partition coefficient (Wildman–Crippen LogP) is 2.42. The van der Waals surface area contributed by atoms with Crippen molar-refractivity contribution in [2.45, 2.75) is 150 Å². The van der Waals surface area contributed by atoms with E-state index in [1.165, 1.54) is 31.2 Å². The summed E-state index contributed by atoms with van der Waals surface area (Å²) >= 11 is 0. The van der Waals surface area contributed by atoms with E-state index in [1.54, 1.807) is 80.6 Å². The summed E-state index contributed by atoms with van der Waals surface area (Å²) in [6, 6.07) is 32.5. The Bertz CT molecular complexity index is 3600. The third-order valence-electron chi connectivity index (χ3n) is 16.2. The Balaban J connectivity index is 1.50. The van der Waals surface area contributed by atoms with Crippen LogP contribution in [-0.2, 0) is 78.1 Å². The molecule has 0 radical (unpaired) electrons. The van der Waals surface area contributed by atoms with Gasteiger partial charge in [-0.05, 0) is 152 Å². The van der Waals surface area contributed by atoms with Crippen LogP contribution in [-0.4, -0.2) is 181 Å². The molecule has 0 saturated heterocycles. The molecular formula is C69H101N13O12S3. The quantitative estimate of drug-likeness (QED) is 0.0250. The summed E-state index contributed by atoms with van der Waals surface area (Å²) < 4.78 is 89.7. The molecule has 0 aromatic heterocycles. The normalized spacial score (nSPS) is 13.8. The summed E-state index contributed by atoms with van der Waals surface area (Å²) in [6.07, 6.45) is 3.72. The fourth-order valence-electron chi connectivity index (χ4n) is 11.0. The van der Waals surface area contributed by atoms with Gasteiger partial charge >= 0.3 is 0 Å². The molecule has 28 heteroatoms. The van der Waals surface area contributed by atoms with Gasteiger partial charge in [-0.2, -0.15) is 12.9 Å². The lowest BCUT2D eigenvalue weighted by Gasteiger charge is -2.31. The number of hydrogen-bond donors (Lipinski definition) is 10. The number of ketones is 1. The first kappa shape index (κ1) is 80.3. The number of benzene rings is 5. The highest BCUT2D eigenvalue weighted by Crippen LogP contribution is 2.22. The van der Waals surface area contributed by atoms with Gasteiger partial charge < -0.3 is 55.3 Å². The molecule has 25 nitrogen and oxygen atoms in total. The Morgan fingerprint density at radius 1 is 0.412 bits per heavy atom. The van der Waals surface area contributed by atoms with Crippen molar-refractivity contribution in [3.8, 4) is 0 Å². The number of carbonyl (C=O) groups excluding carboxylic acids is 6. The van der Waals surface area contributed by atoms with Crippen LogP contribution in [0.2, 0.25) is 0 Å². The number of nitrogens with two attached hydrogens (primary N) is 5. The number of rotatable bonds is 46. The summed E-state index contributed by atoms with van der Waals surface area (Å²) in [6.45, 7) is 2.02. The molecule has 6 atom stereocenters. The number of Topliss-reactive ketones (excluding diaryl/α,β-unsaturated/α-hetero) is 1. The van der Waals surface area contributed by atoms with Crippen molar-refractivity contribution in [2.75, 3.05) is 71.2 Å². The lowest BCUT2D eigenvalue weighted by Crippen LogP contribution is -2.57. The Hall–Kier alpha value is -7.35. The number of unbranched alkanes of at least 4 members (excludes halogenated alkanes) is 3. The molecule has 0 saturated carbocycles. The molecule has 5 aromatic carbocycles. The molecule has 97 heavy (non-hydrogen) atoms. The van der Waals surface area contributed by atoms with Crippen LogP contribution in [0.5, 0.6) is 0 Å². The molecule has 5 aromatic rings. The number of nitrogens with one attached hydrogen (secondary N) is 5. The lowest BCUT2D eigenvalue weighted by atomic mass is 10.0. The highest BCUT2D eigenvalue weighted by molar-refractivity contribution is 7.89. The van der Waals surface area contributed by atoms with Gasteiger partial charge in [0.1, 0.15) is 17.9 Å². The second-order valence-corrected chi connectivity index (χ2v) is 30.5. The fraction of sp³-hybridized carbons (Fsp3) is 0.478. The van der Waals surface area contributed by atoms with E-state index in [4.69, 9.17) is 28.7 Å². The van der Waals surface area contributed by atoms with E-state index in [-0.39, 0.29) is 74.5 Å². The molecule has 0 aliphatic rings. The largest absolute Gasteiger partial charge is 0.350 e. The van der Waals surface area contributed by atoms with E-state index < -0.39 is 140 Å². The maximum absolute atomic E-state index is 15.1. The standard InChI is InChI=1S/C69H101N13O12S3/c1-51-28-33-60(34-29-51)96(91,92)81(49-66(85)79-64(37-32-54-19-7-4-8-20-54)69(88)77-58(43-55-21-9-5-10-22-55)47-80(45-53(3)83)95(89,90)42-41-73)46-57(25-13-16-38-70)75-68(87)63(27-15-18-40-72)78-65(84)50-82(97(93,94)61-35-30-52(2)31-36-61)48-59(44-56-23-11-6-12-24-56)76-67(86)62(74)26-14-17-39-71/h4-12,19-24,28-31,33-36,57-59,62-64H,13-18,25-27,32,37-50,70-74H2,1-3H3,(H,75,87)(H,76,86)(H,77,88)(H,78,84)(H,79,85)/t57-,58-,59-,62-,63-,64-/m0/s1. The minimum Gasteiger partial charge on any atom is -0.350 e. The molecule has 0 bridgehead atoms. The molecule has 0 fully saturated rings. The van der Waals surface area contributed by atoms with E-state index >= 15 is 8.42 Å². The molecule has 0 heterocycles. The zero-order chi connectivity index (χ0) is 71.0. The third-order valence-corrected chi connectivity index (χ3v) is 21.7. The molecule has 15 N–H and O–H groups in total. The van der Waals surface area contributed by atoms with Gasteiger partial charge in [0.05, 0.1) is 41.2 Å². The molecule has 0 aliphatic heterocycles. The van der Waals surface area contributed by atoms with Gasteiger partial charge in [0.2, 0.25) is 59.6 Å². The molecule has 5 rings (SSSR count). The number of sulfonamides is 3. The average Bonchev–Trinajstić information content (AvgIpc) is 0.907. The SMILES string of the molecule is CC(=O)CN(C[C@H](Cc1ccccc1)NC(=O)[C@H](CCc1ccccc1)NC(=O)CN(C[C@H](CCCCN)NC(=O)[C@H](CCCCN)NC(=O)CN(C[C@H](Cc1ccccc1)NC(=O)[C@@H](N)CCCCN)S(=O)(=O)c1ccc(C)cc1)S(=O)(=O)c1ccc(C)cc1)S(=O)(=O)CCN. The van der Waals surface area contributed by atoms with Crippen molar-refractivity contribution < 1.29 is 54.0 Å². The molecule has 0 unspecified atom stereocenters. The van der Waals surface area contributed by atoms with E-state index in [0.29, 0.717) is 51.5 Å². The maximum Gasteiger partial charge on any atom is 0.243 e. The van der Waals surface area contributed by atoms with Crippen LogP contribution in [0, 0.1) is 13.8 Å². The van der Waals surface area contributed by atoms with E-state index in [9.17, 15) is 45.6 Å². The van der Waals surface area contributed by atoms with Gasteiger partial charge in [0, 0.05) is 44.3 Å². The van der Waals surface area contributed by atoms with Crippen LogP contribution >= 0.6 is 0 Å². The van der Waals surface area contributed by atoms with Crippen LogP contribution < -0.4 is 55.3 Å². The van der Waals surface area contributed by atoms with Crippen LogP contribution in [0.25, 0.3) is 0 Å². The van der Waals surface area contributed by atoms with Crippen LogP contribution in [0.3, 0.4) is 0 Å². The first-order chi connectivity index (χ1) is 46.3. The summed E-state index contributed by atoms with van der Waals surface area (Å²) in [4.78, 5) is 85.2. The van der Waals surface area contributed by atoms with Gasteiger partial charge in [0.25, 0.3) is 0 Å². The molecule has 5 amide bonds. The second kappa shape index (κ2) is 41.1. The summed E-state index contributed by atoms with van der Waals surface area (Å²) in [5, 5.41) is 14.4. The van der Waals surface area contributed by atoms with Crippen LogP contribution in [0.4, 0.5) is 0 Å². The highest BCUT2D eigenvalue weighted by Gasteiger charge is 2.36. The van der Waals surface area contributed by atoms with Crippen molar-refractivity contribution in [1.29, 1.82) is 0 Å². The fourth-order valence-corrected chi connectivity index (χ4v) is 15.2. The van der Waals surface area contributed by atoms with Crippen LogP contribution in [0.1, 0.15) is 98.9 Å². The van der Waals surface area contributed by atoms with E-state index in [1.807, 2.05) is 48.5 Å². The summed E-state index contributed by atoms with van der Waals surface area (Å²) in [7, 11) is -13.2. The Labute approximate surface area is 573 Å². The minimum absolute atomic E-state index is 0.00677. The van der Waals surface area contributed by atoms with Gasteiger partial charge in [-0.15, -0.1) is 0 Å². The number of amides is 5. The third kappa shape index (κ3) is 27.8. The monoisotopic (exact) mass is 1400 g/mol. The van der Waals surface area contributed by atoms with E-state index in [2.05, 4.69) is 26.6 Å². The van der Waals surface area contributed by atoms with Gasteiger partial charge in [-0.1, -0.05) is 139 Å². The van der Waals surface area contributed by atoms with Crippen molar-refractivity contribution >= 4 is 65.4 Å². The first-order valence-corrected chi connectivity index (χ1v) is 37.6. The van der Waals surface area contributed by atoms with Gasteiger partial charge in [-0.25, -0.2) is 25.3 Å². The van der Waals surface area contributed by atoms with Crippen molar-refractivity contribution in [3.05, 3.63) is 167 Å². The molecule has 532 valence electrons. The van der Waals surface area contributed by atoms with Gasteiger partial charge in [-0.3, -0.25) is 28.8 Å². The molecule has 0 aliphatic carbocycles. The topological polar surface area (TPSA) is 405 Å². The van der Waals surface area contributed by atoms with Crippen molar-refractivity contribution in [1.82, 2.24) is 39.5 Å². The second-order valence-electron chi connectivity index (χ2n) is 24.5. The number of nitrogens with zero attached hydrogens (tertiary/aromatic N) is 3. The number of hydrogen-bond acceptors (Lipinski definition) is 17. The molecular weight excluding hydrogens is 1300 g/mol. The highest BCUT2D eigenvalue weighted by atomic mass is 32.2. The lowest BCUT2D eigenvalue weighted by molar-refractivity contribution is -0.130. The summed E-state index contributed by atoms with van der Waals surface area (Å²) in [5.41, 5.74) is 33.4. The number of aryl methyl sites for hydroxylation is 3. The van der Waals surface area contributed by atoms with Crippen molar-refractivity contribution in [2.24, 2.45) is 28.7 Å². The molecule has 0 spiro atoms. The van der Waals surface area contributed by atoms with Crippen LogP contribution in [0.15, 0.2) is 149 Å². The zero-order valence-electron chi connectivity index (χ0n) is 56.1. The Morgan fingerprint density at radius 3 is 1.23 bits per heavy atom. The Morgan fingerprint density at radius 2 is 0.794 bits per heavy atom. The predicted molar refractivity (Wildman–Crippen MR) is 376 cm³/mol. The average molecular weight is 1400 g/mol. The van der Waals surface area contributed by atoms with Gasteiger partial charge in [0.15, 0.2) is 0 Å². The Kier molecular flexibility index (Phi) is 34.1. The minimum atomic E-state index is -4.63. The summed E-state index contributed by atoms with van der Waals surface area (Å²) in [5.74, 6) is -4.72.